The zero-order chi connectivity index (χ0) is 17.5. The van der Waals surface area contributed by atoms with Crippen molar-refractivity contribution in [2.75, 3.05) is 5.32 Å². The van der Waals surface area contributed by atoms with Gasteiger partial charge in [-0.25, -0.2) is 0 Å². The van der Waals surface area contributed by atoms with Crippen LogP contribution in [0.2, 0.25) is 0 Å². The predicted molar refractivity (Wildman–Crippen MR) is 88.5 cm³/mol. The molecule has 0 bridgehead atoms. The number of nitro groups is 1. The molecule has 1 amide bonds. The van der Waals surface area contributed by atoms with E-state index in [1.165, 1.54) is 24.3 Å². The molecule has 7 nitrogen and oxygen atoms in total. The van der Waals surface area contributed by atoms with E-state index in [0.717, 1.165) is 25.7 Å². The van der Waals surface area contributed by atoms with Crippen LogP contribution >= 0.6 is 0 Å². The Labute approximate surface area is 140 Å². The lowest BCUT2D eigenvalue weighted by molar-refractivity contribution is -0.384. The van der Waals surface area contributed by atoms with Gasteiger partial charge in [-0.15, -0.1) is 0 Å². The van der Waals surface area contributed by atoms with Crippen LogP contribution in [0.25, 0.3) is 0 Å². The number of hydrogen-bond donors (Lipinski definition) is 1. The third-order valence-corrected chi connectivity index (χ3v) is 4.09. The molecule has 1 aliphatic rings. The van der Waals surface area contributed by atoms with Crippen LogP contribution < -0.4 is 5.32 Å². The topological polar surface area (TPSA) is 98.5 Å². The van der Waals surface area contributed by atoms with E-state index in [9.17, 15) is 19.7 Å². The number of amides is 1. The molecule has 0 aromatic heterocycles. The zero-order valence-corrected chi connectivity index (χ0v) is 13.7. The molecule has 0 saturated carbocycles. The summed E-state index contributed by atoms with van der Waals surface area (Å²) in [5.41, 5.74) is 0.446. The van der Waals surface area contributed by atoms with Crippen LogP contribution in [-0.2, 0) is 14.3 Å². The van der Waals surface area contributed by atoms with Crippen molar-refractivity contribution in [1.82, 2.24) is 0 Å². The fourth-order valence-corrected chi connectivity index (χ4v) is 2.81. The fourth-order valence-electron chi connectivity index (χ4n) is 2.81. The summed E-state index contributed by atoms with van der Waals surface area (Å²) in [6, 6.07) is 5.61. The van der Waals surface area contributed by atoms with Gasteiger partial charge in [0.1, 0.15) is 6.10 Å². The number of anilines is 1. The van der Waals surface area contributed by atoms with Crippen LogP contribution in [-0.4, -0.2) is 22.9 Å². The van der Waals surface area contributed by atoms with Crippen LogP contribution in [0, 0.1) is 16.0 Å². The van der Waals surface area contributed by atoms with Gasteiger partial charge in [0.05, 0.1) is 17.3 Å². The van der Waals surface area contributed by atoms with E-state index in [1.807, 2.05) is 0 Å². The van der Waals surface area contributed by atoms with Crippen molar-refractivity contribution in [3.63, 3.8) is 0 Å². The molecule has 2 rings (SSSR count). The van der Waals surface area contributed by atoms with Crippen LogP contribution in [0.1, 0.15) is 45.4 Å². The van der Waals surface area contributed by atoms with Crippen molar-refractivity contribution in [3.05, 3.63) is 34.4 Å². The van der Waals surface area contributed by atoms with Gasteiger partial charge in [-0.1, -0.05) is 26.2 Å². The zero-order valence-electron chi connectivity index (χ0n) is 13.7. The second-order valence-electron chi connectivity index (χ2n) is 6.04. The largest absolute Gasteiger partial charge is 0.462 e. The van der Waals surface area contributed by atoms with Crippen molar-refractivity contribution < 1.29 is 19.2 Å². The Balaban J connectivity index is 1.80. The molecule has 2 atom stereocenters. The third-order valence-electron chi connectivity index (χ3n) is 4.09. The number of esters is 1. The van der Waals surface area contributed by atoms with E-state index in [1.54, 1.807) is 0 Å². The Morgan fingerprint density at radius 1 is 1.33 bits per heavy atom. The van der Waals surface area contributed by atoms with Gasteiger partial charge < -0.3 is 10.1 Å². The van der Waals surface area contributed by atoms with Gasteiger partial charge in [0.25, 0.3) is 5.69 Å². The second kappa shape index (κ2) is 8.42. The Hall–Kier alpha value is -2.44. The summed E-state index contributed by atoms with van der Waals surface area (Å²) in [4.78, 5) is 33.9. The number of rotatable bonds is 8. The van der Waals surface area contributed by atoms with Gasteiger partial charge in [-0.2, -0.15) is 0 Å². The quantitative estimate of drug-likeness (QED) is 0.340. The van der Waals surface area contributed by atoms with Gasteiger partial charge in [0.2, 0.25) is 5.91 Å². The third kappa shape index (κ3) is 5.04. The molecule has 1 fully saturated rings. The molecular formula is C17H22N2O5. The number of unbranched alkanes of at least 4 members (excludes halogenated alkanes) is 2. The molecule has 1 aromatic carbocycles. The monoisotopic (exact) mass is 334 g/mol. The van der Waals surface area contributed by atoms with Crippen LogP contribution in [0.4, 0.5) is 11.4 Å². The Morgan fingerprint density at radius 2 is 2.04 bits per heavy atom. The summed E-state index contributed by atoms with van der Waals surface area (Å²) in [6.07, 6.45) is 4.30. The summed E-state index contributed by atoms with van der Waals surface area (Å²) < 4.78 is 5.27. The lowest BCUT2D eigenvalue weighted by atomic mass is 9.97. The highest BCUT2D eigenvalue weighted by Gasteiger charge is 2.34. The first-order valence-corrected chi connectivity index (χ1v) is 8.24. The van der Waals surface area contributed by atoms with Crippen molar-refractivity contribution in [3.8, 4) is 0 Å². The standard InChI is InChI=1S/C17H22N2O5/c1-2-3-4-5-12-10-15(24-17(12)21)11-16(20)18-13-6-8-14(9-7-13)19(22)23/h6-9,12,15H,2-5,10-11H2,1H3,(H,18,20)/t12-,15-/m0/s1. The molecule has 130 valence electrons. The van der Waals surface area contributed by atoms with Gasteiger partial charge in [-0.05, 0) is 25.0 Å². The number of nitrogens with one attached hydrogen (secondary N) is 1. The van der Waals surface area contributed by atoms with Gasteiger partial charge in [0.15, 0.2) is 0 Å². The minimum absolute atomic E-state index is 0.0346. The average molecular weight is 334 g/mol. The highest BCUT2D eigenvalue weighted by atomic mass is 16.6. The number of hydrogen-bond acceptors (Lipinski definition) is 5. The Kier molecular flexibility index (Phi) is 6.28. The lowest BCUT2D eigenvalue weighted by Crippen LogP contribution is -2.19. The van der Waals surface area contributed by atoms with Crippen LogP contribution in [0.5, 0.6) is 0 Å². The van der Waals surface area contributed by atoms with Crippen LogP contribution in [0.15, 0.2) is 24.3 Å². The molecular weight excluding hydrogens is 312 g/mol. The first kappa shape index (κ1) is 17.9. The number of nitro benzene ring substituents is 1. The smallest absolute Gasteiger partial charge is 0.309 e. The van der Waals surface area contributed by atoms with E-state index in [2.05, 4.69) is 12.2 Å². The normalized spacial score (nSPS) is 19.8. The molecule has 0 aliphatic carbocycles. The molecule has 1 N–H and O–H groups in total. The highest BCUT2D eigenvalue weighted by molar-refractivity contribution is 5.91. The SMILES string of the molecule is CCCCC[C@H]1C[C@@H](CC(=O)Nc2ccc([N+](=O)[O-])cc2)OC1=O. The molecule has 24 heavy (non-hydrogen) atoms. The fraction of sp³-hybridized carbons (Fsp3) is 0.529. The summed E-state index contributed by atoms with van der Waals surface area (Å²) in [6.45, 7) is 2.11. The molecule has 1 heterocycles. The first-order valence-electron chi connectivity index (χ1n) is 8.24. The molecule has 1 aromatic rings. The molecule has 0 spiro atoms. The number of cyclic esters (lactones) is 1. The van der Waals surface area contributed by atoms with Gasteiger partial charge in [0, 0.05) is 17.8 Å². The molecule has 1 saturated heterocycles. The maximum absolute atomic E-state index is 12.0. The van der Waals surface area contributed by atoms with Crippen molar-refractivity contribution >= 4 is 23.3 Å². The number of carbonyl (C=O) groups excluding carboxylic acids is 2. The molecule has 0 unspecified atom stereocenters. The van der Waals surface area contributed by atoms with Crippen molar-refractivity contribution in [2.24, 2.45) is 5.92 Å². The molecule has 1 aliphatic heterocycles. The van der Waals surface area contributed by atoms with Gasteiger partial charge in [-0.3, -0.25) is 19.7 Å². The van der Waals surface area contributed by atoms with E-state index >= 15 is 0 Å². The number of carbonyl (C=O) groups is 2. The average Bonchev–Trinajstić information content (AvgIpc) is 2.87. The summed E-state index contributed by atoms with van der Waals surface area (Å²) in [5.74, 6) is -0.580. The Morgan fingerprint density at radius 3 is 2.67 bits per heavy atom. The van der Waals surface area contributed by atoms with E-state index in [0.29, 0.717) is 12.1 Å². The maximum atomic E-state index is 12.0. The second-order valence-corrected chi connectivity index (χ2v) is 6.04. The van der Waals surface area contributed by atoms with E-state index in [-0.39, 0.29) is 36.0 Å². The highest BCUT2D eigenvalue weighted by Crippen LogP contribution is 2.28. The number of non-ortho nitro benzene ring substituents is 1. The number of benzene rings is 1. The number of ether oxygens (including phenoxy) is 1. The Bertz CT molecular complexity index is 600. The van der Waals surface area contributed by atoms with Crippen LogP contribution in [0.3, 0.4) is 0 Å². The number of nitrogens with zero attached hydrogens (tertiary/aromatic N) is 1. The minimum atomic E-state index is -0.498. The summed E-state index contributed by atoms with van der Waals surface area (Å²) >= 11 is 0. The molecule has 7 heteroatoms. The summed E-state index contributed by atoms with van der Waals surface area (Å²) in [5, 5.41) is 13.3. The molecule has 0 radical (unpaired) electrons. The maximum Gasteiger partial charge on any atom is 0.309 e. The van der Waals surface area contributed by atoms with E-state index < -0.39 is 4.92 Å². The predicted octanol–water partition coefficient (Wildman–Crippen LogP) is 3.44. The first-order chi connectivity index (χ1) is 11.5. The van der Waals surface area contributed by atoms with Crippen molar-refractivity contribution in [2.45, 2.75) is 51.6 Å². The summed E-state index contributed by atoms with van der Waals surface area (Å²) in [7, 11) is 0. The van der Waals surface area contributed by atoms with E-state index in [4.69, 9.17) is 4.74 Å². The van der Waals surface area contributed by atoms with Crippen molar-refractivity contribution in [1.29, 1.82) is 0 Å². The minimum Gasteiger partial charge on any atom is -0.462 e. The van der Waals surface area contributed by atoms with Gasteiger partial charge >= 0.3 is 5.97 Å². The lowest BCUT2D eigenvalue weighted by Gasteiger charge is -2.09.